The number of carbonyl (C=O) groups is 2. The van der Waals surface area contributed by atoms with E-state index in [1.54, 1.807) is 7.11 Å². The average molecular weight is 427 g/mol. The van der Waals surface area contributed by atoms with E-state index < -0.39 is 0 Å². The molecule has 2 aliphatic rings. The maximum absolute atomic E-state index is 12.5. The Kier molecular flexibility index (Phi) is 14.1. The predicted octanol–water partition coefficient (Wildman–Crippen LogP) is 0.859. The molecule has 0 radical (unpaired) electrons. The van der Waals surface area contributed by atoms with Crippen molar-refractivity contribution in [2.24, 2.45) is 5.92 Å². The Bertz CT molecular complexity index is 427. The molecule has 0 bridgehead atoms. The summed E-state index contributed by atoms with van der Waals surface area (Å²) in [5.41, 5.74) is 0. The maximum Gasteiger partial charge on any atom is 0.236 e. The minimum Gasteiger partial charge on any atom is -0.383 e. The summed E-state index contributed by atoms with van der Waals surface area (Å²) in [5.74, 6) is 0.862. The lowest BCUT2D eigenvalue weighted by Crippen LogP contribution is -2.49. The topological polar surface area (TPSA) is 65.1 Å². The zero-order valence-corrected chi connectivity index (χ0v) is 18.3. The normalized spacial score (nSPS) is 18.6. The average Bonchev–Trinajstić information content (AvgIpc) is 2.65. The van der Waals surface area contributed by atoms with Gasteiger partial charge in [0.25, 0.3) is 0 Å². The van der Waals surface area contributed by atoms with Crippen LogP contribution in [0.25, 0.3) is 0 Å². The van der Waals surface area contributed by atoms with Crippen molar-refractivity contribution in [2.45, 2.75) is 26.2 Å². The molecular weight excluding hydrogens is 391 g/mol. The first-order valence-electron chi connectivity index (χ1n) is 9.61. The van der Waals surface area contributed by atoms with E-state index in [4.69, 9.17) is 4.74 Å². The molecule has 2 saturated heterocycles. The van der Waals surface area contributed by atoms with Gasteiger partial charge in [0.1, 0.15) is 0 Å². The lowest BCUT2D eigenvalue weighted by Gasteiger charge is -2.36. The molecule has 0 aromatic carbocycles. The van der Waals surface area contributed by atoms with E-state index in [0.717, 1.165) is 58.7 Å². The van der Waals surface area contributed by atoms with Crippen LogP contribution in [0.3, 0.4) is 0 Å². The second kappa shape index (κ2) is 14.4. The fourth-order valence-electron chi connectivity index (χ4n) is 3.56. The van der Waals surface area contributed by atoms with E-state index >= 15 is 0 Å². The highest BCUT2D eigenvalue weighted by molar-refractivity contribution is 5.85. The Balaban J connectivity index is 0.00000338. The highest BCUT2D eigenvalue weighted by Crippen LogP contribution is 2.22. The van der Waals surface area contributed by atoms with Gasteiger partial charge in [-0.2, -0.15) is 0 Å². The van der Waals surface area contributed by atoms with Crippen LogP contribution in [-0.4, -0.2) is 99.1 Å². The molecule has 2 heterocycles. The number of piperidine rings is 1. The van der Waals surface area contributed by atoms with Gasteiger partial charge in [0.2, 0.25) is 11.8 Å². The highest BCUT2D eigenvalue weighted by Gasteiger charge is 2.27. The number of nitrogens with one attached hydrogen (secondary N) is 1. The third-order valence-corrected chi connectivity index (χ3v) is 5.36. The van der Waals surface area contributed by atoms with E-state index in [0.29, 0.717) is 37.9 Å². The van der Waals surface area contributed by atoms with Crippen LogP contribution in [0.5, 0.6) is 0 Å². The fourth-order valence-corrected chi connectivity index (χ4v) is 3.56. The van der Waals surface area contributed by atoms with Crippen LogP contribution < -0.4 is 5.32 Å². The van der Waals surface area contributed by atoms with Gasteiger partial charge in [0.15, 0.2) is 0 Å². The zero-order valence-electron chi connectivity index (χ0n) is 16.7. The molecule has 2 rings (SSSR count). The number of piperazine rings is 1. The van der Waals surface area contributed by atoms with Crippen molar-refractivity contribution in [1.82, 2.24) is 20.0 Å². The third-order valence-electron chi connectivity index (χ3n) is 5.36. The number of hydrogen-bond donors (Lipinski definition) is 1. The van der Waals surface area contributed by atoms with Crippen LogP contribution in [0.2, 0.25) is 0 Å². The molecule has 0 aromatic rings. The molecule has 0 unspecified atom stereocenters. The molecule has 0 aromatic heterocycles. The van der Waals surface area contributed by atoms with Gasteiger partial charge in [-0.05, 0) is 25.3 Å². The summed E-state index contributed by atoms with van der Waals surface area (Å²) in [6, 6.07) is 0. The zero-order chi connectivity index (χ0) is 18.1. The molecular formula is C18H36Cl2N4O3. The number of carbonyl (C=O) groups excluding carboxylic acids is 2. The van der Waals surface area contributed by atoms with Crippen molar-refractivity contribution in [2.75, 3.05) is 72.6 Å². The van der Waals surface area contributed by atoms with Crippen LogP contribution in [0.15, 0.2) is 0 Å². The predicted molar refractivity (Wildman–Crippen MR) is 112 cm³/mol. The number of likely N-dealkylation sites (N-methyl/N-ethyl adjacent to an activating group) is 1. The summed E-state index contributed by atoms with van der Waals surface area (Å²) < 4.78 is 4.96. The second-order valence-electron chi connectivity index (χ2n) is 7.01. The largest absolute Gasteiger partial charge is 0.383 e. The molecule has 1 N–H and O–H groups in total. The molecule has 0 atom stereocenters. The van der Waals surface area contributed by atoms with Gasteiger partial charge in [-0.1, -0.05) is 6.92 Å². The molecule has 0 saturated carbocycles. The number of amides is 2. The molecule has 9 heteroatoms. The van der Waals surface area contributed by atoms with Crippen LogP contribution in [0.1, 0.15) is 26.2 Å². The summed E-state index contributed by atoms with van der Waals surface area (Å²) in [7, 11) is 1.65. The van der Waals surface area contributed by atoms with Crippen molar-refractivity contribution < 1.29 is 14.3 Å². The minimum atomic E-state index is 0. The van der Waals surface area contributed by atoms with Gasteiger partial charge in [-0.25, -0.2) is 0 Å². The Morgan fingerprint density at radius 2 is 1.56 bits per heavy atom. The lowest BCUT2D eigenvalue weighted by molar-refractivity contribution is -0.135. The third kappa shape index (κ3) is 8.96. The summed E-state index contributed by atoms with van der Waals surface area (Å²) in [6.45, 7) is 10.1. The number of nitrogens with zero attached hydrogens (tertiary/aromatic N) is 3. The van der Waals surface area contributed by atoms with E-state index in [9.17, 15) is 9.59 Å². The SMILES string of the molecule is CCN1CCN(C(=O)CC2CCN(C(=O)CNCCOC)CC2)CC1.Cl.Cl. The molecule has 0 aliphatic carbocycles. The van der Waals surface area contributed by atoms with E-state index in [2.05, 4.69) is 17.1 Å². The summed E-state index contributed by atoms with van der Waals surface area (Å²) in [5, 5.41) is 3.10. The number of rotatable bonds is 8. The lowest BCUT2D eigenvalue weighted by atomic mass is 9.92. The molecule has 0 spiro atoms. The molecule has 27 heavy (non-hydrogen) atoms. The van der Waals surface area contributed by atoms with Crippen molar-refractivity contribution in [1.29, 1.82) is 0 Å². The van der Waals surface area contributed by atoms with Crippen molar-refractivity contribution in [3.8, 4) is 0 Å². The highest BCUT2D eigenvalue weighted by atomic mass is 35.5. The standard InChI is InChI=1S/C18H34N4O3.2ClH/c1-3-20-9-11-22(12-10-20)17(23)14-16-4-7-21(8-5-16)18(24)15-19-6-13-25-2;;/h16,19H,3-15H2,1-2H3;2*1H. The number of halogens is 2. The molecule has 7 nitrogen and oxygen atoms in total. The first kappa shape index (κ1) is 26.4. The second-order valence-corrected chi connectivity index (χ2v) is 7.01. The smallest absolute Gasteiger partial charge is 0.236 e. The van der Waals surface area contributed by atoms with Crippen LogP contribution in [0.4, 0.5) is 0 Å². The number of hydrogen-bond acceptors (Lipinski definition) is 5. The van der Waals surface area contributed by atoms with E-state index in [-0.39, 0.29) is 30.7 Å². The van der Waals surface area contributed by atoms with E-state index in [1.807, 2.05) is 9.80 Å². The van der Waals surface area contributed by atoms with Crippen molar-refractivity contribution >= 4 is 36.6 Å². The number of methoxy groups -OCH3 is 1. The van der Waals surface area contributed by atoms with E-state index in [1.165, 1.54) is 0 Å². The van der Waals surface area contributed by atoms with Crippen molar-refractivity contribution in [3.05, 3.63) is 0 Å². The van der Waals surface area contributed by atoms with Gasteiger partial charge in [-0.3, -0.25) is 9.59 Å². The molecule has 160 valence electrons. The Morgan fingerprint density at radius 3 is 2.11 bits per heavy atom. The van der Waals surface area contributed by atoms with Gasteiger partial charge < -0.3 is 24.8 Å². The van der Waals surface area contributed by atoms with Gasteiger partial charge in [0, 0.05) is 59.3 Å². The van der Waals surface area contributed by atoms with Crippen molar-refractivity contribution in [3.63, 3.8) is 0 Å². The van der Waals surface area contributed by atoms with Gasteiger partial charge >= 0.3 is 0 Å². The van der Waals surface area contributed by atoms with Crippen LogP contribution in [-0.2, 0) is 14.3 Å². The monoisotopic (exact) mass is 426 g/mol. The first-order chi connectivity index (χ1) is 12.1. The number of ether oxygens (including phenoxy) is 1. The fraction of sp³-hybridized carbons (Fsp3) is 0.889. The quantitative estimate of drug-likeness (QED) is 0.583. The Morgan fingerprint density at radius 1 is 0.963 bits per heavy atom. The summed E-state index contributed by atoms with van der Waals surface area (Å²) in [6.07, 6.45) is 2.51. The minimum absolute atomic E-state index is 0. The van der Waals surface area contributed by atoms with Gasteiger partial charge in [-0.15, -0.1) is 24.8 Å². The van der Waals surface area contributed by atoms with Crippen LogP contribution >= 0.6 is 24.8 Å². The number of likely N-dealkylation sites (tertiary alicyclic amines) is 1. The Labute approximate surface area is 176 Å². The first-order valence-corrected chi connectivity index (χ1v) is 9.61. The van der Waals surface area contributed by atoms with Crippen LogP contribution in [0, 0.1) is 5.92 Å². The summed E-state index contributed by atoms with van der Waals surface area (Å²) >= 11 is 0. The maximum atomic E-state index is 12.5. The van der Waals surface area contributed by atoms with Gasteiger partial charge in [0.05, 0.1) is 13.2 Å². The molecule has 2 amide bonds. The molecule has 2 aliphatic heterocycles. The molecule has 2 fully saturated rings. The summed E-state index contributed by atoms with van der Waals surface area (Å²) in [4.78, 5) is 30.9. The Hall–Kier alpha value is -0.600.